The molecule has 0 aliphatic carbocycles. The van der Waals surface area contributed by atoms with Crippen LogP contribution < -0.4 is 0 Å². The second kappa shape index (κ2) is 4.76. The van der Waals surface area contributed by atoms with E-state index in [4.69, 9.17) is 0 Å². The van der Waals surface area contributed by atoms with Crippen molar-refractivity contribution in [3.63, 3.8) is 0 Å². The fourth-order valence-corrected chi connectivity index (χ4v) is 2.22. The number of hydrogen-bond donors (Lipinski definition) is 1. The van der Waals surface area contributed by atoms with Crippen molar-refractivity contribution in [3.05, 3.63) is 34.3 Å². The Balaban J connectivity index is 3.12. The molecule has 0 aromatic heterocycles. The van der Waals surface area contributed by atoms with Crippen molar-refractivity contribution in [1.82, 2.24) is 0 Å². The van der Waals surface area contributed by atoms with Gasteiger partial charge < -0.3 is 5.11 Å². The van der Waals surface area contributed by atoms with E-state index in [1.54, 1.807) is 24.3 Å². The van der Waals surface area contributed by atoms with Crippen LogP contribution in [0, 0.1) is 0 Å². The standard InChI is InChI=1S/C10H12Br2O3S/c1-10(12,16(2,14)15)9(13)7-3-5-8(11)6-4-7/h3-6,9,13H,1-2H3. The molecule has 0 amide bonds. The fraction of sp³-hybridized carbons (Fsp3) is 0.400. The van der Waals surface area contributed by atoms with Crippen LogP contribution in [0.15, 0.2) is 28.7 Å². The van der Waals surface area contributed by atoms with Crippen molar-refractivity contribution < 1.29 is 13.5 Å². The average Bonchev–Trinajstić information content (AvgIpc) is 2.16. The lowest BCUT2D eigenvalue weighted by Crippen LogP contribution is -2.34. The van der Waals surface area contributed by atoms with Crippen molar-refractivity contribution in [2.24, 2.45) is 0 Å². The first-order valence-corrected chi connectivity index (χ1v) is 7.96. The zero-order valence-corrected chi connectivity index (χ0v) is 12.8. The molecular weight excluding hydrogens is 360 g/mol. The Morgan fingerprint density at radius 1 is 1.31 bits per heavy atom. The second-order valence-electron chi connectivity index (χ2n) is 3.71. The van der Waals surface area contributed by atoms with Gasteiger partial charge in [0.05, 0.1) is 0 Å². The Bertz CT molecular complexity index is 465. The third-order valence-electron chi connectivity index (χ3n) is 2.40. The van der Waals surface area contributed by atoms with Gasteiger partial charge in [0.15, 0.2) is 13.5 Å². The second-order valence-corrected chi connectivity index (χ2v) is 9.19. The molecule has 1 aromatic carbocycles. The molecule has 1 rings (SSSR count). The van der Waals surface area contributed by atoms with E-state index in [0.29, 0.717) is 5.56 Å². The maximum absolute atomic E-state index is 11.5. The van der Waals surface area contributed by atoms with Gasteiger partial charge in [-0.05, 0) is 24.6 Å². The molecule has 3 nitrogen and oxygen atoms in total. The minimum atomic E-state index is -3.40. The molecule has 2 unspecified atom stereocenters. The Morgan fingerprint density at radius 2 is 1.75 bits per heavy atom. The van der Waals surface area contributed by atoms with Crippen LogP contribution in [0.2, 0.25) is 0 Å². The minimum absolute atomic E-state index is 0.549. The van der Waals surface area contributed by atoms with Crippen LogP contribution in [0.3, 0.4) is 0 Å². The van der Waals surface area contributed by atoms with E-state index in [1.807, 2.05) is 0 Å². The highest BCUT2D eigenvalue weighted by Gasteiger charge is 2.41. The molecule has 90 valence electrons. The van der Waals surface area contributed by atoms with E-state index >= 15 is 0 Å². The summed E-state index contributed by atoms with van der Waals surface area (Å²) in [5.74, 6) is 0. The van der Waals surface area contributed by atoms with E-state index in [2.05, 4.69) is 31.9 Å². The molecule has 2 atom stereocenters. The van der Waals surface area contributed by atoms with Gasteiger partial charge in [-0.25, -0.2) is 8.42 Å². The number of aliphatic hydroxyl groups is 1. The predicted octanol–water partition coefficient (Wildman–Crippen LogP) is 2.64. The molecule has 0 fully saturated rings. The van der Waals surface area contributed by atoms with Crippen LogP contribution in [-0.4, -0.2) is 23.4 Å². The van der Waals surface area contributed by atoms with Gasteiger partial charge in [-0.3, -0.25) is 0 Å². The highest BCUT2D eigenvalue weighted by molar-refractivity contribution is 9.11. The van der Waals surface area contributed by atoms with Gasteiger partial charge in [-0.1, -0.05) is 44.0 Å². The molecular formula is C10H12Br2O3S. The van der Waals surface area contributed by atoms with E-state index in [9.17, 15) is 13.5 Å². The first-order valence-electron chi connectivity index (χ1n) is 4.48. The number of alkyl halides is 1. The number of benzene rings is 1. The number of aliphatic hydroxyl groups excluding tert-OH is 1. The summed E-state index contributed by atoms with van der Waals surface area (Å²) in [5.41, 5.74) is 0.549. The summed E-state index contributed by atoms with van der Waals surface area (Å²) in [6.45, 7) is 1.44. The summed E-state index contributed by atoms with van der Waals surface area (Å²) in [7, 11) is -3.40. The Kier molecular flexibility index (Phi) is 4.21. The monoisotopic (exact) mass is 370 g/mol. The number of halogens is 2. The first-order chi connectivity index (χ1) is 7.16. The van der Waals surface area contributed by atoms with Gasteiger partial charge in [-0.15, -0.1) is 0 Å². The van der Waals surface area contributed by atoms with Gasteiger partial charge in [0, 0.05) is 10.7 Å². The van der Waals surface area contributed by atoms with Gasteiger partial charge in [0.1, 0.15) is 6.10 Å². The lowest BCUT2D eigenvalue weighted by molar-refractivity contribution is 0.168. The summed E-state index contributed by atoms with van der Waals surface area (Å²) >= 11 is 6.35. The van der Waals surface area contributed by atoms with Crippen molar-refractivity contribution in [2.75, 3.05) is 6.26 Å². The summed E-state index contributed by atoms with van der Waals surface area (Å²) in [5, 5.41) is 10.0. The van der Waals surface area contributed by atoms with Crippen LogP contribution in [0.25, 0.3) is 0 Å². The average molecular weight is 372 g/mol. The normalized spacial score (nSPS) is 17.8. The summed E-state index contributed by atoms with van der Waals surface area (Å²) < 4.78 is 22.5. The molecule has 0 spiro atoms. The fourth-order valence-electron chi connectivity index (χ4n) is 1.15. The molecule has 0 bridgehead atoms. The zero-order chi connectivity index (χ0) is 12.6. The maximum Gasteiger partial charge on any atom is 0.165 e. The van der Waals surface area contributed by atoms with Crippen LogP contribution in [0.1, 0.15) is 18.6 Å². The molecule has 16 heavy (non-hydrogen) atoms. The Morgan fingerprint density at radius 3 is 2.12 bits per heavy atom. The SMILES string of the molecule is CC(Br)(C(O)c1ccc(Br)cc1)S(C)(=O)=O. The molecule has 0 aliphatic heterocycles. The molecule has 0 radical (unpaired) electrons. The van der Waals surface area contributed by atoms with Crippen LogP contribution in [0.4, 0.5) is 0 Å². The van der Waals surface area contributed by atoms with Crippen molar-refractivity contribution in [3.8, 4) is 0 Å². The molecule has 1 N–H and O–H groups in total. The zero-order valence-electron chi connectivity index (χ0n) is 8.81. The van der Waals surface area contributed by atoms with Gasteiger partial charge in [0.2, 0.25) is 0 Å². The minimum Gasteiger partial charge on any atom is -0.386 e. The van der Waals surface area contributed by atoms with Crippen LogP contribution in [0.5, 0.6) is 0 Å². The summed E-state index contributed by atoms with van der Waals surface area (Å²) in [6, 6.07) is 6.87. The lowest BCUT2D eigenvalue weighted by Gasteiger charge is -2.26. The molecule has 0 heterocycles. The highest BCUT2D eigenvalue weighted by Crippen LogP contribution is 2.38. The van der Waals surface area contributed by atoms with Crippen LogP contribution in [-0.2, 0) is 9.84 Å². The quantitative estimate of drug-likeness (QED) is 0.831. The number of hydrogen-bond acceptors (Lipinski definition) is 3. The van der Waals surface area contributed by atoms with Crippen LogP contribution >= 0.6 is 31.9 Å². The predicted molar refractivity (Wildman–Crippen MR) is 71.3 cm³/mol. The largest absolute Gasteiger partial charge is 0.386 e. The van der Waals surface area contributed by atoms with Gasteiger partial charge in [0.25, 0.3) is 0 Å². The summed E-state index contributed by atoms with van der Waals surface area (Å²) in [4.78, 5) is 0. The van der Waals surface area contributed by atoms with E-state index in [-0.39, 0.29) is 0 Å². The molecule has 1 aromatic rings. The van der Waals surface area contributed by atoms with E-state index in [0.717, 1.165) is 10.7 Å². The number of rotatable bonds is 3. The van der Waals surface area contributed by atoms with E-state index < -0.39 is 19.6 Å². The smallest absolute Gasteiger partial charge is 0.165 e. The third kappa shape index (κ3) is 2.85. The lowest BCUT2D eigenvalue weighted by atomic mass is 10.1. The highest BCUT2D eigenvalue weighted by atomic mass is 79.9. The molecule has 0 saturated heterocycles. The number of sulfone groups is 1. The van der Waals surface area contributed by atoms with E-state index in [1.165, 1.54) is 6.92 Å². The van der Waals surface area contributed by atoms with Crippen molar-refractivity contribution in [2.45, 2.75) is 16.7 Å². The summed E-state index contributed by atoms with van der Waals surface area (Å²) in [6.07, 6.45) is -0.0281. The molecule has 0 saturated carbocycles. The van der Waals surface area contributed by atoms with Crippen molar-refractivity contribution in [1.29, 1.82) is 0 Å². The topological polar surface area (TPSA) is 54.4 Å². The Hall–Kier alpha value is 0.0900. The molecule has 6 heteroatoms. The van der Waals surface area contributed by atoms with Gasteiger partial charge >= 0.3 is 0 Å². The third-order valence-corrected chi connectivity index (χ3v) is 6.80. The molecule has 0 aliphatic rings. The van der Waals surface area contributed by atoms with Crippen molar-refractivity contribution >= 4 is 41.7 Å². The van der Waals surface area contributed by atoms with Gasteiger partial charge in [-0.2, -0.15) is 0 Å². The Labute approximate surface area is 112 Å². The first kappa shape index (κ1) is 14.2. The maximum atomic E-state index is 11.5.